The summed E-state index contributed by atoms with van der Waals surface area (Å²) in [4.78, 5) is 14.2. The third-order valence-electron chi connectivity index (χ3n) is 2.74. The Kier molecular flexibility index (Phi) is 5.03. The van der Waals surface area contributed by atoms with Crippen molar-refractivity contribution in [2.75, 3.05) is 13.6 Å². The predicted octanol–water partition coefficient (Wildman–Crippen LogP) is 2.57. The Morgan fingerprint density at radius 3 is 2.38 bits per heavy atom. The first-order valence-corrected chi connectivity index (χ1v) is 6.06. The van der Waals surface area contributed by atoms with Crippen LogP contribution in [0.5, 0.6) is 0 Å². The van der Waals surface area contributed by atoms with Crippen molar-refractivity contribution in [3.05, 3.63) is 35.9 Å². The summed E-state index contributed by atoms with van der Waals surface area (Å²) < 4.78 is 0. The Morgan fingerprint density at radius 1 is 1.38 bits per heavy atom. The monoisotopic (exact) mass is 237 g/mol. The van der Waals surface area contributed by atoms with Crippen LogP contribution in [0, 0.1) is 0 Å². The minimum atomic E-state index is -0.237. The van der Waals surface area contributed by atoms with Crippen LogP contribution in [0.15, 0.2) is 30.3 Å². The number of hydrogen-bond acceptors (Lipinski definition) is 3. The lowest BCUT2D eigenvalue weighted by molar-refractivity contribution is -0.123. The molecule has 0 heterocycles. The molecule has 3 heteroatoms. The van der Waals surface area contributed by atoms with Gasteiger partial charge in [0.05, 0.1) is 11.3 Å². The molecule has 1 aromatic carbocycles. The predicted molar refractivity (Wildman–Crippen MR) is 70.9 cm³/mol. The Hall–Kier alpha value is -0.800. The second-order valence-electron chi connectivity index (χ2n) is 3.96. The van der Waals surface area contributed by atoms with E-state index >= 15 is 0 Å². The van der Waals surface area contributed by atoms with Gasteiger partial charge < -0.3 is 0 Å². The summed E-state index contributed by atoms with van der Waals surface area (Å²) in [5, 5.41) is -0.237. The fourth-order valence-electron chi connectivity index (χ4n) is 1.68. The smallest absolute Gasteiger partial charge is 0.166 e. The highest BCUT2D eigenvalue weighted by Crippen LogP contribution is 2.22. The number of hydrogen-bond donors (Lipinski definition) is 1. The number of Topliss-reactive ketones (excluding diaryl/α,β-unsaturated/α-hetero) is 1. The number of thiol groups is 1. The van der Waals surface area contributed by atoms with E-state index < -0.39 is 0 Å². The molecule has 0 aromatic heterocycles. The molecule has 0 saturated heterocycles. The highest BCUT2D eigenvalue weighted by molar-refractivity contribution is 7.81. The van der Waals surface area contributed by atoms with Crippen LogP contribution in [0.3, 0.4) is 0 Å². The summed E-state index contributed by atoms with van der Waals surface area (Å²) in [6.45, 7) is 4.71. The van der Waals surface area contributed by atoms with E-state index in [1.165, 1.54) is 0 Å². The van der Waals surface area contributed by atoms with E-state index in [4.69, 9.17) is 0 Å². The van der Waals surface area contributed by atoms with Crippen LogP contribution < -0.4 is 0 Å². The lowest BCUT2D eigenvalue weighted by Crippen LogP contribution is -2.34. The fraction of sp³-hybridized carbons (Fsp3) is 0.462. The molecule has 1 aromatic rings. The van der Waals surface area contributed by atoms with Crippen LogP contribution in [-0.4, -0.2) is 29.5 Å². The number of carbonyl (C=O) groups is 1. The molecule has 0 fully saturated rings. The molecule has 0 aliphatic heterocycles. The van der Waals surface area contributed by atoms with Crippen LogP contribution in [0.1, 0.15) is 25.5 Å². The molecule has 0 aliphatic carbocycles. The van der Waals surface area contributed by atoms with Gasteiger partial charge in [-0.1, -0.05) is 37.3 Å². The molecule has 0 aliphatic rings. The summed E-state index contributed by atoms with van der Waals surface area (Å²) in [7, 11) is 1.96. The van der Waals surface area contributed by atoms with Gasteiger partial charge in [-0.2, -0.15) is 12.6 Å². The number of ketones is 1. The van der Waals surface area contributed by atoms with E-state index in [0.29, 0.717) is 0 Å². The highest BCUT2D eigenvalue weighted by Gasteiger charge is 2.26. The average Bonchev–Trinajstić information content (AvgIpc) is 2.30. The van der Waals surface area contributed by atoms with E-state index in [9.17, 15) is 4.79 Å². The zero-order valence-corrected chi connectivity index (χ0v) is 10.9. The number of rotatable bonds is 5. The van der Waals surface area contributed by atoms with Gasteiger partial charge >= 0.3 is 0 Å². The third-order valence-corrected chi connectivity index (χ3v) is 2.99. The fourth-order valence-corrected chi connectivity index (χ4v) is 1.82. The maximum atomic E-state index is 12.1. The molecule has 2 nitrogen and oxygen atoms in total. The molecular formula is C13H19NOS. The van der Waals surface area contributed by atoms with Crippen molar-refractivity contribution >= 4 is 18.4 Å². The Bertz CT molecular complexity index is 337. The zero-order valence-electron chi connectivity index (χ0n) is 10.1. The largest absolute Gasteiger partial charge is 0.296 e. The third kappa shape index (κ3) is 3.09. The van der Waals surface area contributed by atoms with E-state index in [1.807, 2.05) is 56.1 Å². The van der Waals surface area contributed by atoms with Crippen molar-refractivity contribution in [3.63, 3.8) is 0 Å². The molecule has 0 spiro atoms. The molecule has 16 heavy (non-hydrogen) atoms. The van der Waals surface area contributed by atoms with Gasteiger partial charge in [-0.15, -0.1) is 0 Å². The molecule has 0 bridgehead atoms. The van der Waals surface area contributed by atoms with E-state index in [2.05, 4.69) is 12.6 Å². The number of nitrogens with zero attached hydrogens (tertiary/aromatic N) is 1. The first-order valence-electron chi connectivity index (χ1n) is 5.55. The molecule has 0 saturated carbocycles. The molecule has 0 amide bonds. The lowest BCUT2D eigenvalue weighted by atomic mass is 9.99. The number of carbonyl (C=O) groups excluding carboxylic acids is 1. The Balaban J connectivity index is 3.01. The van der Waals surface area contributed by atoms with Gasteiger partial charge in [-0.05, 0) is 26.1 Å². The minimum Gasteiger partial charge on any atom is -0.296 e. The number of likely N-dealkylation sites (N-methyl/N-ethyl adjacent to an activating group) is 1. The summed E-state index contributed by atoms with van der Waals surface area (Å²) in [6.07, 6.45) is 0. The van der Waals surface area contributed by atoms with Gasteiger partial charge in [0.15, 0.2) is 5.78 Å². The highest BCUT2D eigenvalue weighted by atomic mass is 32.1. The van der Waals surface area contributed by atoms with Crippen LogP contribution in [0.2, 0.25) is 0 Å². The molecule has 2 atom stereocenters. The van der Waals surface area contributed by atoms with Gasteiger partial charge in [0.25, 0.3) is 0 Å². The SMILES string of the molecule is CCN(C)[C@@H](C(=O)C(C)S)c1ccccc1. The zero-order chi connectivity index (χ0) is 12.1. The summed E-state index contributed by atoms with van der Waals surface area (Å²) >= 11 is 4.24. The molecule has 1 rings (SSSR count). The van der Waals surface area contributed by atoms with E-state index in [-0.39, 0.29) is 17.1 Å². The Labute approximate surface area is 103 Å². The molecule has 0 radical (unpaired) electrons. The maximum absolute atomic E-state index is 12.1. The minimum absolute atomic E-state index is 0.152. The van der Waals surface area contributed by atoms with Gasteiger partial charge in [0.2, 0.25) is 0 Å². The van der Waals surface area contributed by atoms with Crippen LogP contribution in [0.4, 0.5) is 0 Å². The topological polar surface area (TPSA) is 20.3 Å². The Morgan fingerprint density at radius 2 is 1.94 bits per heavy atom. The molecule has 88 valence electrons. The van der Waals surface area contributed by atoms with Gasteiger partial charge in [-0.25, -0.2) is 0 Å². The first-order chi connectivity index (χ1) is 7.57. The van der Waals surface area contributed by atoms with Crippen molar-refractivity contribution in [2.24, 2.45) is 0 Å². The van der Waals surface area contributed by atoms with Crippen molar-refractivity contribution in [3.8, 4) is 0 Å². The van der Waals surface area contributed by atoms with Crippen LogP contribution in [0.25, 0.3) is 0 Å². The van der Waals surface area contributed by atoms with E-state index in [0.717, 1.165) is 12.1 Å². The average molecular weight is 237 g/mol. The molecule has 1 unspecified atom stereocenters. The van der Waals surface area contributed by atoms with Crippen molar-refractivity contribution in [1.29, 1.82) is 0 Å². The van der Waals surface area contributed by atoms with Crippen LogP contribution in [-0.2, 0) is 4.79 Å². The van der Waals surface area contributed by atoms with E-state index in [1.54, 1.807) is 0 Å². The first kappa shape index (κ1) is 13.3. The second-order valence-corrected chi connectivity index (χ2v) is 4.74. The second kappa shape index (κ2) is 6.06. The van der Waals surface area contributed by atoms with Crippen LogP contribution >= 0.6 is 12.6 Å². The maximum Gasteiger partial charge on any atom is 0.166 e. The molecular weight excluding hydrogens is 218 g/mol. The lowest BCUT2D eigenvalue weighted by Gasteiger charge is -2.27. The van der Waals surface area contributed by atoms with Crippen molar-refractivity contribution in [2.45, 2.75) is 25.1 Å². The standard InChI is InChI=1S/C13H19NOS/c1-4-14(3)12(13(15)10(2)16)11-8-6-5-7-9-11/h5-10,12,16H,4H2,1-3H3/t10?,12-/m1/s1. The van der Waals surface area contributed by atoms with Crippen molar-refractivity contribution in [1.82, 2.24) is 4.90 Å². The van der Waals surface area contributed by atoms with Gasteiger partial charge in [0.1, 0.15) is 0 Å². The molecule has 0 N–H and O–H groups in total. The van der Waals surface area contributed by atoms with Crippen molar-refractivity contribution < 1.29 is 4.79 Å². The summed E-state index contributed by atoms with van der Waals surface area (Å²) in [6, 6.07) is 9.68. The summed E-state index contributed by atoms with van der Waals surface area (Å²) in [5.74, 6) is 0.152. The normalized spacial score (nSPS) is 14.8. The summed E-state index contributed by atoms with van der Waals surface area (Å²) in [5.41, 5.74) is 1.04. The van der Waals surface area contributed by atoms with Gasteiger partial charge in [0, 0.05) is 0 Å². The quantitative estimate of drug-likeness (QED) is 0.794. The number of benzene rings is 1. The van der Waals surface area contributed by atoms with Gasteiger partial charge in [-0.3, -0.25) is 9.69 Å².